The molecular formula is C23H25FN4O4S. The summed E-state index contributed by atoms with van der Waals surface area (Å²) in [5.41, 5.74) is 2.62. The molecule has 1 unspecified atom stereocenters. The van der Waals surface area contributed by atoms with Crippen LogP contribution in [-0.2, 0) is 20.9 Å². The van der Waals surface area contributed by atoms with Crippen molar-refractivity contribution in [2.45, 2.75) is 25.9 Å². The van der Waals surface area contributed by atoms with Gasteiger partial charge in [0.05, 0.1) is 30.2 Å². The molecule has 33 heavy (non-hydrogen) atoms. The second kappa shape index (κ2) is 11.0. The number of halogens is 1. The first-order valence-electron chi connectivity index (χ1n) is 10.2. The number of amides is 2. The second-order valence-electron chi connectivity index (χ2n) is 7.40. The summed E-state index contributed by atoms with van der Waals surface area (Å²) in [5, 5.41) is 5.46. The summed E-state index contributed by atoms with van der Waals surface area (Å²) in [5.74, 6) is -0.969. The Labute approximate surface area is 194 Å². The van der Waals surface area contributed by atoms with Crippen LogP contribution < -0.4 is 10.6 Å². The molecular weight excluding hydrogens is 447 g/mol. The van der Waals surface area contributed by atoms with Crippen LogP contribution in [0.3, 0.4) is 0 Å². The Kier molecular flexibility index (Phi) is 8.05. The fraction of sp³-hybridized carbons (Fsp3) is 0.304. The monoisotopic (exact) mass is 472 g/mol. The summed E-state index contributed by atoms with van der Waals surface area (Å²) >= 11 is 1.56. The quantitative estimate of drug-likeness (QED) is 0.464. The Hall–Kier alpha value is -3.40. The molecule has 10 heteroatoms. The number of carbonyl (C=O) groups excluding carboxylic acids is 3. The summed E-state index contributed by atoms with van der Waals surface area (Å²) in [6, 6.07) is 8.45. The zero-order chi connectivity index (χ0) is 24.0. The van der Waals surface area contributed by atoms with Crippen LogP contribution >= 0.6 is 11.8 Å². The van der Waals surface area contributed by atoms with Gasteiger partial charge < -0.3 is 19.9 Å². The lowest BCUT2D eigenvalue weighted by molar-refractivity contribution is -0.142. The van der Waals surface area contributed by atoms with Crippen molar-refractivity contribution >= 4 is 46.3 Å². The van der Waals surface area contributed by atoms with E-state index in [1.54, 1.807) is 42.4 Å². The molecule has 2 N–H and O–H groups in total. The molecule has 0 saturated heterocycles. The van der Waals surface area contributed by atoms with Crippen molar-refractivity contribution in [3.05, 3.63) is 59.7 Å². The largest absolute Gasteiger partial charge is 0.467 e. The first kappa shape index (κ1) is 24.2. The maximum absolute atomic E-state index is 13.2. The predicted octanol–water partition coefficient (Wildman–Crippen LogP) is 3.21. The third kappa shape index (κ3) is 6.10. The van der Waals surface area contributed by atoms with E-state index in [0.29, 0.717) is 35.4 Å². The number of thioether (sulfide) groups is 1. The molecule has 1 atom stereocenters. The van der Waals surface area contributed by atoms with Gasteiger partial charge in [0.15, 0.2) is 0 Å². The summed E-state index contributed by atoms with van der Waals surface area (Å²) in [6.45, 7) is 1.77. The smallest absolute Gasteiger partial charge is 0.328 e. The van der Waals surface area contributed by atoms with Crippen LogP contribution in [0.5, 0.6) is 0 Å². The third-order valence-corrected chi connectivity index (χ3v) is 5.60. The van der Waals surface area contributed by atoms with Crippen LogP contribution in [0.4, 0.5) is 10.1 Å². The van der Waals surface area contributed by atoms with E-state index in [-0.39, 0.29) is 17.3 Å². The van der Waals surface area contributed by atoms with Gasteiger partial charge in [-0.1, -0.05) is 12.1 Å². The molecule has 0 aliphatic carbocycles. The van der Waals surface area contributed by atoms with Crippen LogP contribution in [0.25, 0.3) is 11.0 Å². The maximum Gasteiger partial charge on any atom is 0.328 e. The number of benzene rings is 2. The molecule has 0 spiro atoms. The number of anilines is 1. The van der Waals surface area contributed by atoms with Crippen molar-refractivity contribution in [3.63, 3.8) is 0 Å². The lowest BCUT2D eigenvalue weighted by Gasteiger charge is -2.17. The number of rotatable bonds is 9. The highest BCUT2D eigenvalue weighted by atomic mass is 32.2. The SMILES string of the molecule is COC(=O)C(CCSC)NC(=O)c1cc(NC(C)=O)c2c(c1)ncn2Cc1ccc(F)cc1. The Morgan fingerprint density at radius 2 is 1.94 bits per heavy atom. The molecule has 3 aromatic rings. The van der Waals surface area contributed by atoms with Crippen molar-refractivity contribution < 1.29 is 23.5 Å². The molecule has 3 rings (SSSR count). The average molecular weight is 473 g/mol. The van der Waals surface area contributed by atoms with Crippen molar-refractivity contribution in [2.75, 3.05) is 24.4 Å². The highest BCUT2D eigenvalue weighted by Crippen LogP contribution is 2.26. The molecule has 1 heterocycles. The van der Waals surface area contributed by atoms with Crippen LogP contribution in [0.15, 0.2) is 42.7 Å². The maximum atomic E-state index is 13.2. The topological polar surface area (TPSA) is 102 Å². The number of nitrogens with one attached hydrogen (secondary N) is 2. The van der Waals surface area contributed by atoms with Gasteiger partial charge in [-0.2, -0.15) is 11.8 Å². The molecule has 0 saturated carbocycles. The zero-order valence-electron chi connectivity index (χ0n) is 18.6. The average Bonchev–Trinajstić information content (AvgIpc) is 3.20. The van der Waals surface area contributed by atoms with Crippen LogP contribution in [0, 0.1) is 5.82 Å². The van der Waals surface area contributed by atoms with Crippen molar-refractivity contribution in [2.24, 2.45) is 0 Å². The fourth-order valence-corrected chi connectivity index (χ4v) is 3.87. The molecule has 8 nitrogen and oxygen atoms in total. The molecule has 174 valence electrons. The minimum absolute atomic E-state index is 0.247. The minimum atomic E-state index is -0.786. The van der Waals surface area contributed by atoms with E-state index < -0.39 is 17.9 Å². The first-order chi connectivity index (χ1) is 15.8. The van der Waals surface area contributed by atoms with E-state index in [2.05, 4.69) is 15.6 Å². The molecule has 0 radical (unpaired) electrons. The second-order valence-corrected chi connectivity index (χ2v) is 8.39. The number of esters is 1. The predicted molar refractivity (Wildman–Crippen MR) is 126 cm³/mol. The van der Waals surface area contributed by atoms with E-state index in [4.69, 9.17) is 4.74 Å². The van der Waals surface area contributed by atoms with Gasteiger partial charge in [-0.3, -0.25) is 9.59 Å². The number of imidazole rings is 1. The molecule has 0 fully saturated rings. The molecule has 2 amide bonds. The molecule has 1 aromatic heterocycles. The Balaban J connectivity index is 1.95. The van der Waals surface area contributed by atoms with Crippen molar-refractivity contribution in [1.82, 2.24) is 14.9 Å². The number of hydrogen-bond acceptors (Lipinski definition) is 6. The summed E-state index contributed by atoms with van der Waals surface area (Å²) in [6.07, 6.45) is 3.93. The highest BCUT2D eigenvalue weighted by molar-refractivity contribution is 7.98. The van der Waals surface area contributed by atoms with E-state index in [9.17, 15) is 18.8 Å². The molecule has 0 bridgehead atoms. The number of ether oxygens (including phenoxy) is 1. The zero-order valence-corrected chi connectivity index (χ0v) is 19.4. The number of carbonyl (C=O) groups is 3. The normalized spacial score (nSPS) is 11.8. The fourth-order valence-electron chi connectivity index (χ4n) is 3.40. The minimum Gasteiger partial charge on any atom is -0.467 e. The first-order valence-corrected chi connectivity index (χ1v) is 11.6. The van der Waals surface area contributed by atoms with Gasteiger partial charge in [-0.25, -0.2) is 14.2 Å². The van der Waals surface area contributed by atoms with Gasteiger partial charge in [0, 0.05) is 19.0 Å². The van der Waals surface area contributed by atoms with Gasteiger partial charge in [0.2, 0.25) is 5.91 Å². The van der Waals surface area contributed by atoms with E-state index >= 15 is 0 Å². The number of aromatic nitrogens is 2. The van der Waals surface area contributed by atoms with Crippen molar-refractivity contribution in [3.8, 4) is 0 Å². The van der Waals surface area contributed by atoms with Crippen molar-refractivity contribution in [1.29, 1.82) is 0 Å². The Morgan fingerprint density at radius 3 is 2.58 bits per heavy atom. The summed E-state index contributed by atoms with van der Waals surface area (Å²) < 4.78 is 19.9. The van der Waals surface area contributed by atoms with Crippen LogP contribution in [0.2, 0.25) is 0 Å². The number of fused-ring (bicyclic) bond motifs is 1. The lowest BCUT2D eigenvalue weighted by atomic mass is 10.1. The highest BCUT2D eigenvalue weighted by Gasteiger charge is 2.23. The standard InChI is InChI=1S/C23H25FN4O4S/c1-14(29)26-20-11-16(22(30)27-18(8-9-33-3)23(31)32-2)10-19-21(20)28(13-25-19)12-15-4-6-17(24)7-5-15/h4-7,10-11,13,18H,8-9,12H2,1-3H3,(H,26,29)(H,27,30). The van der Waals surface area contributed by atoms with Gasteiger partial charge in [-0.05, 0) is 48.3 Å². The van der Waals surface area contributed by atoms with Gasteiger partial charge in [-0.15, -0.1) is 0 Å². The Bertz CT molecular complexity index is 1160. The molecule has 0 aliphatic rings. The van der Waals surface area contributed by atoms with E-state index in [1.807, 2.05) is 10.8 Å². The number of nitrogens with zero attached hydrogens (tertiary/aromatic N) is 2. The lowest BCUT2D eigenvalue weighted by Crippen LogP contribution is -2.42. The van der Waals surface area contributed by atoms with E-state index in [0.717, 1.165) is 5.56 Å². The van der Waals surface area contributed by atoms with Gasteiger partial charge >= 0.3 is 5.97 Å². The Morgan fingerprint density at radius 1 is 1.21 bits per heavy atom. The van der Waals surface area contributed by atoms with Gasteiger partial charge in [0.1, 0.15) is 11.9 Å². The summed E-state index contributed by atoms with van der Waals surface area (Å²) in [4.78, 5) is 41.2. The van der Waals surface area contributed by atoms with Crippen LogP contribution in [-0.4, -0.2) is 52.5 Å². The van der Waals surface area contributed by atoms with Crippen LogP contribution in [0.1, 0.15) is 29.3 Å². The summed E-state index contributed by atoms with van der Waals surface area (Å²) in [7, 11) is 1.27. The van der Waals surface area contributed by atoms with E-state index in [1.165, 1.54) is 26.2 Å². The molecule has 2 aromatic carbocycles. The van der Waals surface area contributed by atoms with Gasteiger partial charge in [0.25, 0.3) is 5.91 Å². The number of methoxy groups -OCH3 is 1. The molecule has 0 aliphatic heterocycles. The third-order valence-electron chi connectivity index (χ3n) is 4.95. The number of hydrogen-bond donors (Lipinski definition) is 2.